The average Bonchev–Trinajstić information content (AvgIpc) is 2.37. The zero-order valence-corrected chi connectivity index (χ0v) is 11.1. The molecule has 1 aromatic rings. The van der Waals surface area contributed by atoms with Crippen LogP contribution in [-0.4, -0.2) is 15.6 Å². The Morgan fingerprint density at radius 1 is 1.38 bits per heavy atom. The molecule has 4 heteroatoms. The minimum absolute atomic E-state index is 0.0655. The van der Waals surface area contributed by atoms with E-state index in [2.05, 4.69) is 37.8 Å². The first kappa shape index (κ1) is 12.7. The zero-order chi connectivity index (χ0) is 12.5. The number of hydrogen-bond donors (Lipinski definition) is 1. The number of nitrogens with two attached hydrogens (primary N) is 1. The molecule has 90 valence electrons. The molecule has 2 N–H and O–H groups in total. The van der Waals surface area contributed by atoms with Crippen molar-refractivity contribution in [3.05, 3.63) is 17.0 Å². The van der Waals surface area contributed by atoms with Crippen LogP contribution >= 0.6 is 0 Å². The van der Waals surface area contributed by atoms with Crippen molar-refractivity contribution in [1.29, 1.82) is 0 Å². The van der Waals surface area contributed by atoms with Gasteiger partial charge in [-0.05, 0) is 13.8 Å². The van der Waals surface area contributed by atoms with Crippen LogP contribution in [0.15, 0.2) is 4.99 Å². The van der Waals surface area contributed by atoms with Gasteiger partial charge in [0, 0.05) is 23.7 Å². The molecule has 0 saturated carbocycles. The number of aromatic nitrogens is 2. The summed E-state index contributed by atoms with van der Waals surface area (Å²) in [4.78, 5) is 4.44. The summed E-state index contributed by atoms with van der Waals surface area (Å²) in [5.74, 6) is 0.690. The maximum atomic E-state index is 5.93. The maximum absolute atomic E-state index is 5.93. The first-order valence-electron chi connectivity index (χ1n) is 5.53. The molecule has 0 radical (unpaired) electrons. The van der Waals surface area contributed by atoms with Crippen LogP contribution in [0.4, 0.5) is 0 Å². The molecule has 1 heterocycles. The summed E-state index contributed by atoms with van der Waals surface area (Å²) in [6, 6.07) is 0. The number of rotatable bonds is 2. The third-order valence-electron chi connectivity index (χ3n) is 2.83. The summed E-state index contributed by atoms with van der Waals surface area (Å²) in [7, 11) is 1.95. The second-order valence-corrected chi connectivity index (χ2v) is 5.22. The zero-order valence-electron chi connectivity index (χ0n) is 11.1. The quantitative estimate of drug-likeness (QED) is 0.614. The summed E-state index contributed by atoms with van der Waals surface area (Å²) in [5, 5.41) is 4.36. The molecule has 0 aliphatic rings. The molecule has 0 bridgehead atoms. The fourth-order valence-electron chi connectivity index (χ4n) is 1.45. The molecule has 0 aromatic carbocycles. The molecule has 4 nitrogen and oxygen atoms in total. The van der Waals surface area contributed by atoms with E-state index in [1.54, 1.807) is 0 Å². The second kappa shape index (κ2) is 4.28. The molecule has 16 heavy (non-hydrogen) atoms. The first-order valence-corrected chi connectivity index (χ1v) is 5.53. The van der Waals surface area contributed by atoms with E-state index in [9.17, 15) is 0 Å². The summed E-state index contributed by atoms with van der Waals surface area (Å²) in [5.41, 5.74) is 9.23. The smallest absolute Gasteiger partial charge is 0.0995 e. The highest BCUT2D eigenvalue weighted by atomic mass is 15.3. The number of aliphatic imine (C=N–C) groups is 1. The lowest BCUT2D eigenvalue weighted by Gasteiger charge is -2.17. The third kappa shape index (κ3) is 2.62. The Morgan fingerprint density at radius 2 is 1.94 bits per heavy atom. The Morgan fingerprint density at radius 3 is 2.31 bits per heavy atom. The second-order valence-electron chi connectivity index (χ2n) is 5.22. The van der Waals surface area contributed by atoms with Gasteiger partial charge < -0.3 is 5.73 Å². The summed E-state index contributed by atoms with van der Waals surface area (Å²) < 4.78 is 1.88. The van der Waals surface area contributed by atoms with Gasteiger partial charge in [-0.1, -0.05) is 20.8 Å². The van der Waals surface area contributed by atoms with Crippen molar-refractivity contribution in [2.45, 2.75) is 41.2 Å². The highest BCUT2D eigenvalue weighted by Crippen LogP contribution is 2.16. The van der Waals surface area contributed by atoms with Crippen molar-refractivity contribution in [3.8, 4) is 0 Å². The number of aryl methyl sites for hydroxylation is 2. The van der Waals surface area contributed by atoms with Gasteiger partial charge >= 0.3 is 0 Å². The Kier molecular flexibility index (Phi) is 3.41. The first-order chi connectivity index (χ1) is 7.23. The van der Waals surface area contributed by atoms with Crippen LogP contribution in [0, 0.1) is 19.3 Å². The van der Waals surface area contributed by atoms with E-state index in [0.717, 1.165) is 11.4 Å². The van der Waals surface area contributed by atoms with Gasteiger partial charge in [0.1, 0.15) is 0 Å². The van der Waals surface area contributed by atoms with Crippen molar-refractivity contribution >= 4 is 5.84 Å². The van der Waals surface area contributed by atoms with E-state index in [1.807, 2.05) is 18.7 Å². The fraction of sp³-hybridized carbons (Fsp3) is 0.667. The van der Waals surface area contributed by atoms with Crippen LogP contribution in [0.3, 0.4) is 0 Å². The van der Waals surface area contributed by atoms with Gasteiger partial charge in [-0.3, -0.25) is 9.67 Å². The molecule has 0 spiro atoms. The molecule has 0 amide bonds. The molecule has 0 atom stereocenters. The molecular formula is C12H22N4. The van der Waals surface area contributed by atoms with Gasteiger partial charge in [0.2, 0.25) is 0 Å². The third-order valence-corrected chi connectivity index (χ3v) is 2.83. The van der Waals surface area contributed by atoms with E-state index in [-0.39, 0.29) is 5.41 Å². The van der Waals surface area contributed by atoms with Crippen LogP contribution in [0.5, 0.6) is 0 Å². The van der Waals surface area contributed by atoms with E-state index in [0.29, 0.717) is 12.4 Å². The standard InChI is InChI=1S/C12H22N4/c1-8-10(9(2)16(6)15-8)7-14-11(13)12(3,4)5/h7H2,1-6H3,(H2,13,14). The predicted molar refractivity (Wildman–Crippen MR) is 67.5 cm³/mol. The highest BCUT2D eigenvalue weighted by Gasteiger charge is 2.16. The van der Waals surface area contributed by atoms with Crippen LogP contribution in [0.1, 0.15) is 37.7 Å². The summed E-state index contributed by atoms with van der Waals surface area (Å²) in [6.07, 6.45) is 0. The summed E-state index contributed by atoms with van der Waals surface area (Å²) >= 11 is 0. The molecular weight excluding hydrogens is 200 g/mol. The monoisotopic (exact) mass is 222 g/mol. The van der Waals surface area contributed by atoms with Crippen molar-refractivity contribution in [2.24, 2.45) is 23.2 Å². The molecule has 0 aliphatic heterocycles. The van der Waals surface area contributed by atoms with Crippen LogP contribution in [-0.2, 0) is 13.6 Å². The highest BCUT2D eigenvalue weighted by molar-refractivity contribution is 5.85. The normalized spacial score (nSPS) is 13.2. The van der Waals surface area contributed by atoms with E-state index in [4.69, 9.17) is 5.73 Å². The van der Waals surface area contributed by atoms with Crippen LogP contribution in [0.25, 0.3) is 0 Å². The van der Waals surface area contributed by atoms with E-state index in [1.165, 1.54) is 5.56 Å². The lowest BCUT2D eigenvalue weighted by Crippen LogP contribution is -2.29. The molecule has 0 fully saturated rings. The van der Waals surface area contributed by atoms with Gasteiger partial charge in [0.15, 0.2) is 0 Å². The lowest BCUT2D eigenvalue weighted by molar-refractivity contribution is 0.581. The predicted octanol–water partition coefficient (Wildman–Crippen LogP) is 1.94. The van der Waals surface area contributed by atoms with Gasteiger partial charge in [0.05, 0.1) is 18.1 Å². The Balaban J connectivity index is 2.91. The van der Waals surface area contributed by atoms with Crippen molar-refractivity contribution in [1.82, 2.24) is 9.78 Å². The van der Waals surface area contributed by atoms with E-state index >= 15 is 0 Å². The Bertz CT molecular complexity index is 407. The minimum Gasteiger partial charge on any atom is -0.387 e. The van der Waals surface area contributed by atoms with Crippen molar-refractivity contribution < 1.29 is 0 Å². The molecule has 1 aromatic heterocycles. The SMILES string of the molecule is Cc1nn(C)c(C)c1CN=C(N)C(C)(C)C. The lowest BCUT2D eigenvalue weighted by atomic mass is 9.95. The maximum Gasteiger partial charge on any atom is 0.0995 e. The summed E-state index contributed by atoms with van der Waals surface area (Å²) in [6.45, 7) is 10.9. The number of amidine groups is 1. The van der Waals surface area contributed by atoms with Gasteiger partial charge in [0.25, 0.3) is 0 Å². The number of hydrogen-bond acceptors (Lipinski definition) is 2. The van der Waals surface area contributed by atoms with Crippen molar-refractivity contribution in [2.75, 3.05) is 0 Å². The van der Waals surface area contributed by atoms with Gasteiger partial charge in [-0.15, -0.1) is 0 Å². The minimum atomic E-state index is -0.0655. The topological polar surface area (TPSA) is 56.2 Å². The van der Waals surface area contributed by atoms with Gasteiger partial charge in [-0.2, -0.15) is 5.10 Å². The van der Waals surface area contributed by atoms with Crippen LogP contribution < -0.4 is 5.73 Å². The Labute approximate surface area is 97.6 Å². The van der Waals surface area contributed by atoms with Crippen molar-refractivity contribution in [3.63, 3.8) is 0 Å². The molecule has 0 aliphatic carbocycles. The molecule has 0 saturated heterocycles. The average molecular weight is 222 g/mol. The van der Waals surface area contributed by atoms with E-state index < -0.39 is 0 Å². The molecule has 1 rings (SSSR count). The largest absolute Gasteiger partial charge is 0.387 e. The Hall–Kier alpha value is -1.32. The molecule has 0 unspecified atom stereocenters. The van der Waals surface area contributed by atoms with Crippen LogP contribution in [0.2, 0.25) is 0 Å². The number of nitrogens with zero attached hydrogens (tertiary/aromatic N) is 3. The van der Waals surface area contributed by atoms with Gasteiger partial charge in [-0.25, -0.2) is 0 Å². The fourth-order valence-corrected chi connectivity index (χ4v) is 1.45.